The van der Waals surface area contributed by atoms with Crippen molar-refractivity contribution in [2.45, 2.75) is 84.0 Å². The molecular formula is C17H34NNaO4S. The number of primary amides is 1. The molecule has 0 aromatic carbocycles. The Balaban J connectivity index is 0. The number of carbonyl (C=O) groups is 1. The normalized spacial score (nSPS) is 11.0. The first-order valence-corrected chi connectivity index (χ1v) is 10.2. The van der Waals surface area contributed by atoms with Crippen molar-refractivity contribution < 1.29 is 17.4 Å². The van der Waals surface area contributed by atoms with E-state index in [2.05, 4.69) is 13.5 Å². The Labute approximate surface area is 170 Å². The molecular weight excluding hydrogens is 337 g/mol. The summed E-state index contributed by atoms with van der Waals surface area (Å²) in [5.74, 6) is -1.07. The van der Waals surface area contributed by atoms with E-state index in [9.17, 15) is 13.2 Å². The summed E-state index contributed by atoms with van der Waals surface area (Å²) >= 11 is 0. The van der Waals surface area contributed by atoms with Crippen molar-refractivity contribution in [3.8, 4) is 0 Å². The van der Waals surface area contributed by atoms with Crippen LogP contribution in [0.3, 0.4) is 0 Å². The van der Waals surface area contributed by atoms with Gasteiger partial charge in [-0.3, -0.25) is 8.98 Å². The Bertz CT molecular complexity index is 438. The number of nitrogens with two attached hydrogens (primary N) is 1. The van der Waals surface area contributed by atoms with Crippen LogP contribution in [-0.4, -0.2) is 50.5 Å². The molecule has 1 amide bonds. The van der Waals surface area contributed by atoms with Crippen LogP contribution in [0.1, 0.15) is 84.0 Å². The predicted octanol–water partition coefficient (Wildman–Crippen LogP) is 3.38. The average Bonchev–Trinajstić information content (AvgIpc) is 2.50. The number of hydrogen-bond donors (Lipinski definition) is 1. The first-order chi connectivity index (χ1) is 10.9. The molecule has 0 aromatic rings. The Morgan fingerprint density at radius 2 is 1.25 bits per heavy atom. The van der Waals surface area contributed by atoms with Gasteiger partial charge in [-0.05, 0) is 6.42 Å². The summed E-state index contributed by atoms with van der Waals surface area (Å²) in [4.78, 5) is 10.1. The van der Waals surface area contributed by atoms with Crippen LogP contribution in [-0.2, 0) is 19.1 Å². The van der Waals surface area contributed by atoms with E-state index in [1.54, 1.807) is 0 Å². The second kappa shape index (κ2) is 16.6. The zero-order valence-electron chi connectivity index (χ0n) is 14.5. The maximum absolute atomic E-state index is 11.5. The van der Waals surface area contributed by atoms with Crippen LogP contribution in [0.15, 0.2) is 11.5 Å². The average molecular weight is 372 g/mol. The van der Waals surface area contributed by atoms with Gasteiger partial charge in [-0.25, -0.2) is 0 Å². The van der Waals surface area contributed by atoms with E-state index in [1.807, 2.05) is 0 Å². The van der Waals surface area contributed by atoms with Crippen LogP contribution < -0.4 is 5.73 Å². The summed E-state index contributed by atoms with van der Waals surface area (Å²) in [6.07, 6.45) is 14.4. The van der Waals surface area contributed by atoms with E-state index in [0.29, 0.717) is 6.42 Å². The molecule has 0 rings (SSSR count). The van der Waals surface area contributed by atoms with Crippen LogP contribution in [0.4, 0.5) is 0 Å². The summed E-state index contributed by atoms with van der Waals surface area (Å²) in [5.41, 5.74) is 4.87. The molecule has 2 N–H and O–H groups in total. The van der Waals surface area contributed by atoms with Gasteiger partial charge >= 0.3 is 39.7 Å². The van der Waals surface area contributed by atoms with Gasteiger partial charge in [-0.15, -0.1) is 0 Å². The van der Waals surface area contributed by atoms with Gasteiger partial charge in [0.15, 0.2) is 4.91 Å². The van der Waals surface area contributed by atoms with E-state index in [1.165, 1.54) is 57.8 Å². The third kappa shape index (κ3) is 14.5. The zero-order chi connectivity index (χ0) is 17.6. The van der Waals surface area contributed by atoms with E-state index in [-0.39, 0.29) is 36.2 Å². The molecule has 5 nitrogen and oxygen atoms in total. The number of amides is 1. The molecule has 0 aliphatic carbocycles. The molecule has 7 heteroatoms. The zero-order valence-corrected chi connectivity index (χ0v) is 15.3. The van der Waals surface area contributed by atoms with Crippen LogP contribution in [0, 0.1) is 0 Å². The molecule has 24 heavy (non-hydrogen) atoms. The molecule has 0 saturated heterocycles. The quantitative estimate of drug-likeness (QED) is 0.195. The standard InChI is InChI=1S/C17H33NO4S.Na.H/c1-3-4-5-6-7-8-9-10-11-12-13-14-15-22-23(20,21)16(2)17(18)19;;/h2-15H2,1H3,(H2,18,19);;. The van der Waals surface area contributed by atoms with Gasteiger partial charge in [0.2, 0.25) is 0 Å². The van der Waals surface area contributed by atoms with Gasteiger partial charge in [0, 0.05) is 0 Å². The monoisotopic (exact) mass is 371 g/mol. The molecule has 0 bridgehead atoms. The Morgan fingerprint density at radius 3 is 1.62 bits per heavy atom. The summed E-state index contributed by atoms with van der Waals surface area (Å²) in [5, 5.41) is 0. The first-order valence-electron chi connectivity index (χ1n) is 8.80. The molecule has 0 heterocycles. The summed E-state index contributed by atoms with van der Waals surface area (Å²) in [6.45, 7) is 5.42. The van der Waals surface area contributed by atoms with Crippen LogP contribution in [0.5, 0.6) is 0 Å². The number of hydrogen-bond acceptors (Lipinski definition) is 4. The summed E-state index contributed by atoms with van der Waals surface area (Å²) in [6, 6.07) is 0. The first kappa shape index (κ1) is 26.4. The minimum atomic E-state index is -4.04. The fourth-order valence-corrected chi connectivity index (χ4v) is 3.03. The SMILES string of the molecule is C=C(C(N)=O)S(=O)(=O)OCCCCCCCCCCCCCC.[NaH]. The molecule has 138 valence electrons. The van der Waals surface area contributed by atoms with Gasteiger partial charge in [-0.2, -0.15) is 8.42 Å². The fourth-order valence-electron chi connectivity index (χ4n) is 2.31. The van der Waals surface area contributed by atoms with Crippen LogP contribution in [0.2, 0.25) is 0 Å². The third-order valence-corrected chi connectivity index (χ3v) is 5.09. The molecule has 0 radical (unpaired) electrons. The van der Waals surface area contributed by atoms with Crippen molar-refractivity contribution in [2.75, 3.05) is 6.61 Å². The predicted molar refractivity (Wildman–Crippen MR) is 101 cm³/mol. The minimum absolute atomic E-state index is 0. The second-order valence-corrected chi connectivity index (χ2v) is 7.59. The van der Waals surface area contributed by atoms with Gasteiger partial charge in [0.25, 0.3) is 5.91 Å². The molecule has 0 unspecified atom stereocenters. The molecule has 0 fully saturated rings. The third-order valence-electron chi connectivity index (χ3n) is 3.81. The molecule has 0 atom stereocenters. The maximum atomic E-state index is 11.5. The topological polar surface area (TPSA) is 86.5 Å². The van der Waals surface area contributed by atoms with Crippen molar-refractivity contribution in [1.29, 1.82) is 0 Å². The summed E-state index contributed by atoms with van der Waals surface area (Å²) < 4.78 is 27.6. The van der Waals surface area contributed by atoms with Crippen LogP contribution in [0.25, 0.3) is 0 Å². The molecule has 0 aromatic heterocycles. The number of unbranched alkanes of at least 4 members (excludes halogenated alkanes) is 11. The van der Waals surface area contributed by atoms with Gasteiger partial charge in [0.1, 0.15) is 0 Å². The van der Waals surface area contributed by atoms with Crippen LogP contribution >= 0.6 is 0 Å². The van der Waals surface area contributed by atoms with Gasteiger partial charge in [0.05, 0.1) is 6.61 Å². The number of rotatable bonds is 16. The van der Waals surface area contributed by atoms with E-state index >= 15 is 0 Å². The van der Waals surface area contributed by atoms with Crippen molar-refractivity contribution in [3.05, 3.63) is 11.5 Å². The van der Waals surface area contributed by atoms with Crippen molar-refractivity contribution in [2.24, 2.45) is 5.73 Å². The Kier molecular flexibility index (Phi) is 18.2. The van der Waals surface area contributed by atoms with E-state index in [0.717, 1.165) is 12.8 Å². The van der Waals surface area contributed by atoms with E-state index < -0.39 is 20.9 Å². The fraction of sp³-hybridized carbons (Fsp3) is 0.824. The van der Waals surface area contributed by atoms with Gasteiger partial charge in [-0.1, -0.05) is 84.1 Å². The second-order valence-electron chi connectivity index (χ2n) is 5.95. The Morgan fingerprint density at radius 1 is 0.875 bits per heavy atom. The molecule has 0 aliphatic rings. The summed E-state index contributed by atoms with van der Waals surface area (Å²) in [7, 11) is -4.04. The van der Waals surface area contributed by atoms with Crippen molar-refractivity contribution in [1.82, 2.24) is 0 Å². The molecule has 0 spiro atoms. The van der Waals surface area contributed by atoms with Crippen molar-refractivity contribution in [3.63, 3.8) is 0 Å². The molecule has 0 saturated carbocycles. The van der Waals surface area contributed by atoms with Gasteiger partial charge < -0.3 is 5.73 Å². The molecule has 0 aliphatic heterocycles. The van der Waals surface area contributed by atoms with Crippen molar-refractivity contribution >= 4 is 45.6 Å². The van der Waals surface area contributed by atoms with E-state index in [4.69, 9.17) is 9.92 Å². The Hall–Kier alpha value is 0.120. The number of carbonyl (C=O) groups excluding carboxylic acids is 1.